The maximum Gasteiger partial charge on any atom is 0.375 e. The maximum atomic E-state index is 11.6. The monoisotopic (exact) mass is 230 g/mol. The third kappa shape index (κ3) is 1.29. The van der Waals surface area contributed by atoms with Crippen LogP contribution in [0.4, 0.5) is 0 Å². The van der Waals surface area contributed by atoms with E-state index in [9.17, 15) is 9.59 Å². The van der Waals surface area contributed by atoms with Crippen molar-refractivity contribution in [2.24, 2.45) is 0 Å². The molecule has 0 aliphatic heterocycles. The summed E-state index contributed by atoms with van der Waals surface area (Å²) in [6, 6.07) is 6.99. The highest BCUT2D eigenvalue weighted by molar-refractivity contribution is 5.92. The van der Waals surface area contributed by atoms with Crippen LogP contribution in [-0.4, -0.2) is 30.7 Å². The van der Waals surface area contributed by atoms with Crippen molar-refractivity contribution in [2.75, 3.05) is 0 Å². The van der Waals surface area contributed by atoms with Crippen LogP contribution in [0.25, 0.3) is 16.6 Å². The van der Waals surface area contributed by atoms with Crippen LogP contribution in [0.5, 0.6) is 0 Å². The molecule has 0 saturated carbocycles. The van der Waals surface area contributed by atoms with E-state index < -0.39 is 17.5 Å². The van der Waals surface area contributed by atoms with Gasteiger partial charge in [-0.05, 0) is 12.1 Å². The number of nitrogens with zero attached hydrogens (tertiary/aromatic N) is 3. The molecule has 0 saturated heterocycles. The van der Waals surface area contributed by atoms with Gasteiger partial charge in [-0.2, -0.15) is 4.52 Å². The summed E-state index contributed by atoms with van der Waals surface area (Å²) in [5.74, 6) is -1.66. The van der Waals surface area contributed by atoms with Crippen molar-refractivity contribution >= 4 is 22.5 Å². The highest BCUT2D eigenvalue weighted by Gasteiger charge is 2.14. The van der Waals surface area contributed by atoms with Gasteiger partial charge >= 0.3 is 11.7 Å². The fraction of sp³-hybridized carbons (Fsp3) is 0. The molecule has 2 N–H and O–H groups in total. The van der Waals surface area contributed by atoms with E-state index in [4.69, 9.17) is 5.11 Å². The van der Waals surface area contributed by atoms with Crippen LogP contribution < -0.4 is 5.69 Å². The molecule has 84 valence electrons. The third-order valence-corrected chi connectivity index (χ3v) is 2.40. The molecule has 0 bridgehead atoms. The van der Waals surface area contributed by atoms with Crippen LogP contribution >= 0.6 is 0 Å². The van der Waals surface area contributed by atoms with Crippen molar-refractivity contribution in [3.63, 3.8) is 0 Å². The molecule has 0 radical (unpaired) electrons. The lowest BCUT2D eigenvalue weighted by atomic mass is 10.2. The molecule has 0 fully saturated rings. The minimum atomic E-state index is -1.27. The molecule has 0 amide bonds. The van der Waals surface area contributed by atoms with Gasteiger partial charge < -0.3 is 10.1 Å². The first-order valence-corrected chi connectivity index (χ1v) is 4.78. The average molecular weight is 230 g/mol. The number of H-pyrrole nitrogens is 1. The average Bonchev–Trinajstić information content (AvgIpc) is 2.75. The quantitative estimate of drug-likeness (QED) is 0.624. The van der Waals surface area contributed by atoms with E-state index >= 15 is 0 Å². The smallest absolute Gasteiger partial charge is 0.375 e. The zero-order valence-electron chi connectivity index (χ0n) is 8.41. The molecule has 0 spiro atoms. The van der Waals surface area contributed by atoms with Gasteiger partial charge in [0.15, 0.2) is 5.65 Å². The predicted molar refractivity (Wildman–Crippen MR) is 58.1 cm³/mol. The standard InChI is InChI=1S/C10H6N4O3/c15-9(16)7-12-8-5-3-1-2-4-6(5)11-10(17)14(8)13-7/h1-4H,(H,11,17)(H,15,16). The SMILES string of the molecule is O=C(O)c1nc2c3ccccc3[nH]c(=O)n2n1. The fourth-order valence-corrected chi connectivity index (χ4v) is 1.67. The molecule has 7 heteroatoms. The molecule has 3 aromatic rings. The van der Waals surface area contributed by atoms with Crippen LogP contribution in [0, 0.1) is 0 Å². The Kier molecular flexibility index (Phi) is 1.76. The minimum Gasteiger partial charge on any atom is -0.475 e. The van der Waals surface area contributed by atoms with Crippen molar-refractivity contribution in [3.05, 3.63) is 40.6 Å². The first-order valence-electron chi connectivity index (χ1n) is 4.78. The van der Waals surface area contributed by atoms with Gasteiger partial charge in [-0.15, -0.1) is 5.10 Å². The molecule has 0 aliphatic rings. The Balaban J connectivity index is 2.56. The van der Waals surface area contributed by atoms with E-state index in [1.165, 1.54) is 0 Å². The second-order valence-corrected chi connectivity index (χ2v) is 3.45. The molecule has 17 heavy (non-hydrogen) atoms. The van der Waals surface area contributed by atoms with Crippen molar-refractivity contribution in [1.82, 2.24) is 19.6 Å². The minimum absolute atomic E-state index is 0.238. The van der Waals surface area contributed by atoms with Gasteiger partial charge in [-0.1, -0.05) is 12.1 Å². The molecule has 0 unspecified atom stereocenters. The third-order valence-electron chi connectivity index (χ3n) is 2.40. The Morgan fingerprint density at radius 2 is 2.12 bits per heavy atom. The summed E-state index contributed by atoms with van der Waals surface area (Å²) in [5.41, 5.74) is 0.315. The van der Waals surface area contributed by atoms with Gasteiger partial charge in [0, 0.05) is 5.39 Å². The summed E-state index contributed by atoms with van der Waals surface area (Å²) in [4.78, 5) is 28.8. The second kappa shape index (κ2) is 3.14. The zero-order chi connectivity index (χ0) is 12.0. The number of nitrogens with one attached hydrogen (secondary N) is 1. The van der Waals surface area contributed by atoms with Gasteiger partial charge in [-0.25, -0.2) is 14.6 Å². The topological polar surface area (TPSA) is 100 Å². The number of rotatable bonds is 1. The van der Waals surface area contributed by atoms with Crippen LogP contribution in [0.2, 0.25) is 0 Å². The lowest BCUT2D eigenvalue weighted by Crippen LogP contribution is -2.17. The van der Waals surface area contributed by atoms with Crippen molar-refractivity contribution in [3.8, 4) is 0 Å². The number of aromatic amines is 1. The number of carboxylic acids is 1. The lowest BCUT2D eigenvalue weighted by Gasteiger charge is -1.97. The van der Waals surface area contributed by atoms with Gasteiger partial charge in [0.1, 0.15) is 0 Å². The van der Waals surface area contributed by atoms with E-state index in [0.29, 0.717) is 10.9 Å². The molecule has 7 nitrogen and oxygen atoms in total. The summed E-state index contributed by atoms with van der Waals surface area (Å²) in [7, 11) is 0. The number of para-hydroxylation sites is 1. The van der Waals surface area contributed by atoms with Gasteiger partial charge in [0.05, 0.1) is 5.52 Å². The van der Waals surface area contributed by atoms with Gasteiger partial charge in [0.2, 0.25) is 0 Å². The Labute approximate surface area is 93.3 Å². The van der Waals surface area contributed by atoms with Crippen molar-refractivity contribution in [1.29, 1.82) is 0 Å². The molecule has 0 aliphatic carbocycles. The summed E-state index contributed by atoms with van der Waals surface area (Å²) >= 11 is 0. The second-order valence-electron chi connectivity index (χ2n) is 3.45. The summed E-state index contributed by atoms with van der Waals surface area (Å²) < 4.78 is 0.950. The summed E-state index contributed by atoms with van der Waals surface area (Å²) in [6.07, 6.45) is 0. The molecule has 2 aromatic heterocycles. The lowest BCUT2D eigenvalue weighted by molar-refractivity contribution is 0.0684. The van der Waals surface area contributed by atoms with Crippen LogP contribution in [0.1, 0.15) is 10.6 Å². The number of hydrogen-bond donors (Lipinski definition) is 2. The number of carboxylic acid groups (broad SMARTS) is 1. The van der Waals surface area contributed by atoms with Crippen molar-refractivity contribution in [2.45, 2.75) is 0 Å². The number of carbonyl (C=O) groups is 1. The Hall–Kier alpha value is -2.70. The molecule has 3 rings (SSSR count). The number of hydrogen-bond acceptors (Lipinski definition) is 4. The number of aromatic carboxylic acids is 1. The Morgan fingerprint density at radius 1 is 1.35 bits per heavy atom. The van der Waals surface area contributed by atoms with Crippen LogP contribution in [0.3, 0.4) is 0 Å². The first kappa shape index (κ1) is 9.52. The Bertz CT molecular complexity index is 802. The summed E-state index contributed by atoms with van der Waals surface area (Å²) in [6.45, 7) is 0. The van der Waals surface area contributed by atoms with E-state index in [1.54, 1.807) is 24.3 Å². The number of benzene rings is 1. The van der Waals surface area contributed by atoms with E-state index in [0.717, 1.165) is 4.52 Å². The zero-order valence-corrected chi connectivity index (χ0v) is 8.41. The van der Waals surface area contributed by atoms with Crippen LogP contribution in [0.15, 0.2) is 29.1 Å². The van der Waals surface area contributed by atoms with Gasteiger partial charge in [-0.3, -0.25) is 0 Å². The number of aromatic nitrogens is 4. The fourth-order valence-electron chi connectivity index (χ4n) is 1.67. The highest BCUT2D eigenvalue weighted by Crippen LogP contribution is 2.13. The molecule has 2 heterocycles. The normalized spacial score (nSPS) is 11.1. The number of fused-ring (bicyclic) bond motifs is 3. The van der Waals surface area contributed by atoms with Crippen LogP contribution in [-0.2, 0) is 0 Å². The molecule has 1 aromatic carbocycles. The largest absolute Gasteiger partial charge is 0.475 e. The maximum absolute atomic E-state index is 11.6. The molecular weight excluding hydrogens is 224 g/mol. The highest BCUT2D eigenvalue weighted by atomic mass is 16.4. The predicted octanol–water partition coefficient (Wildman–Crippen LogP) is 0.269. The van der Waals surface area contributed by atoms with E-state index in [-0.39, 0.29) is 5.65 Å². The van der Waals surface area contributed by atoms with Crippen molar-refractivity contribution < 1.29 is 9.90 Å². The first-order chi connectivity index (χ1) is 8.16. The van der Waals surface area contributed by atoms with E-state index in [2.05, 4.69) is 15.1 Å². The summed E-state index contributed by atoms with van der Waals surface area (Å²) in [5, 5.41) is 13.1. The van der Waals surface area contributed by atoms with E-state index in [1.807, 2.05) is 0 Å². The molecule has 0 atom stereocenters. The molecular formula is C10H6N4O3. The van der Waals surface area contributed by atoms with Gasteiger partial charge in [0.25, 0.3) is 5.82 Å². The Morgan fingerprint density at radius 3 is 2.88 bits per heavy atom.